The van der Waals surface area contributed by atoms with E-state index in [9.17, 15) is 14.4 Å². The fraction of sp³-hybridized carbons (Fsp3) is 0.182. The molecular weight excluding hydrogens is 488 g/mol. The van der Waals surface area contributed by atoms with Crippen LogP contribution >= 0.6 is 0 Å². The number of carbonyl (C=O) groups excluding carboxylic acids is 3. The molecule has 3 aliphatic carbocycles. The van der Waals surface area contributed by atoms with Crippen LogP contribution in [-0.4, -0.2) is 29.3 Å². The zero-order chi connectivity index (χ0) is 26.4. The topological polar surface area (TPSA) is 70.8 Å². The highest BCUT2D eigenvalue weighted by Crippen LogP contribution is 2.61. The van der Waals surface area contributed by atoms with Gasteiger partial charge in [-0.1, -0.05) is 66.7 Å². The van der Waals surface area contributed by atoms with Crippen molar-refractivity contribution in [3.63, 3.8) is 0 Å². The SMILES string of the molecule is CC(=O)N(CN1C(=O)C2C3c4ccccc4C(c4ccccc43)C2C1=O)c1ccc2c(c1)oc1ccccc12. The third-order valence-electron chi connectivity index (χ3n) is 8.88. The average Bonchev–Trinajstić information content (AvgIpc) is 3.45. The molecule has 190 valence electrons. The van der Waals surface area contributed by atoms with Crippen molar-refractivity contribution in [3.8, 4) is 0 Å². The highest BCUT2D eigenvalue weighted by atomic mass is 16.3. The van der Waals surface area contributed by atoms with Crippen LogP contribution in [0.3, 0.4) is 0 Å². The summed E-state index contributed by atoms with van der Waals surface area (Å²) < 4.78 is 6.03. The van der Waals surface area contributed by atoms with Gasteiger partial charge in [-0.15, -0.1) is 0 Å². The molecule has 4 aromatic carbocycles. The minimum absolute atomic E-state index is 0.127. The largest absolute Gasteiger partial charge is 0.456 e. The first-order chi connectivity index (χ1) is 19.0. The van der Waals surface area contributed by atoms with Crippen molar-refractivity contribution in [2.24, 2.45) is 11.8 Å². The molecule has 9 rings (SSSR count). The van der Waals surface area contributed by atoms with Crippen molar-refractivity contribution in [3.05, 3.63) is 113 Å². The van der Waals surface area contributed by atoms with Crippen LogP contribution in [0.4, 0.5) is 5.69 Å². The second kappa shape index (κ2) is 7.90. The van der Waals surface area contributed by atoms with Gasteiger partial charge in [-0.25, -0.2) is 0 Å². The number of likely N-dealkylation sites (tertiary alicyclic amines) is 1. The number of benzene rings is 4. The molecule has 1 fully saturated rings. The quantitative estimate of drug-likeness (QED) is 0.287. The summed E-state index contributed by atoms with van der Waals surface area (Å²) in [7, 11) is 0. The summed E-state index contributed by atoms with van der Waals surface area (Å²) in [5, 5.41) is 1.95. The number of furan rings is 1. The van der Waals surface area contributed by atoms with E-state index in [0.29, 0.717) is 11.3 Å². The molecule has 2 unspecified atom stereocenters. The number of para-hydroxylation sites is 1. The predicted molar refractivity (Wildman–Crippen MR) is 147 cm³/mol. The fourth-order valence-electron chi connectivity index (χ4n) is 7.27. The Balaban J connectivity index is 1.19. The maximum absolute atomic E-state index is 14.0. The standard InChI is InChI=1S/C33H24N2O4/c1-18(36)34(19-14-15-21-20-8-6-7-13-26(20)39-27(21)16-19)17-35-32(37)30-28-22-9-2-3-10-23(22)29(31(30)33(35)38)25-12-5-4-11-24(25)28/h2-16,28-31H,17H2,1H3. The molecule has 0 radical (unpaired) electrons. The van der Waals surface area contributed by atoms with Crippen molar-refractivity contribution in [1.82, 2.24) is 4.90 Å². The van der Waals surface area contributed by atoms with E-state index in [1.54, 1.807) is 0 Å². The van der Waals surface area contributed by atoms with Gasteiger partial charge >= 0.3 is 0 Å². The first kappa shape index (κ1) is 22.3. The van der Waals surface area contributed by atoms with E-state index in [4.69, 9.17) is 4.42 Å². The van der Waals surface area contributed by atoms with E-state index in [0.717, 1.165) is 38.6 Å². The Morgan fingerprint density at radius 2 is 1.23 bits per heavy atom. The molecule has 3 amide bonds. The van der Waals surface area contributed by atoms with Crippen molar-refractivity contribution >= 4 is 45.3 Å². The molecule has 1 aliphatic heterocycles. The number of hydrogen-bond donors (Lipinski definition) is 0. The Morgan fingerprint density at radius 1 is 0.718 bits per heavy atom. The van der Waals surface area contributed by atoms with Crippen LogP contribution in [0.5, 0.6) is 0 Å². The second-order valence-corrected chi connectivity index (χ2v) is 10.7. The minimum atomic E-state index is -0.473. The van der Waals surface area contributed by atoms with Crippen molar-refractivity contribution < 1.29 is 18.8 Å². The summed E-state index contributed by atoms with van der Waals surface area (Å²) in [6.07, 6.45) is 0. The maximum Gasteiger partial charge on any atom is 0.235 e. The Morgan fingerprint density at radius 3 is 1.79 bits per heavy atom. The van der Waals surface area contributed by atoms with Crippen LogP contribution in [0.1, 0.15) is 41.0 Å². The molecule has 1 aromatic heterocycles. The molecule has 2 bridgehead atoms. The van der Waals surface area contributed by atoms with Gasteiger partial charge in [0.15, 0.2) is 0 Å². The molecule has 2 heterocycles. The van der Waals surface area contributed by atoms with E-state index >= 15 is 0 Å². The van der Waals surface area contributed by atoms with Crippen molar-refractivity contribution in [2.75, 3.05) is 11.6 Å². The molecule has 2 atom stereocenters. The van der Waals surface area contributed by atoms with E-state index in [1.807, 2.05) is 66.7 Å². The molecule has 0 saturated carbocycles. The van der Waals surface area contributed by atoms with E-state index in [-0.39, 0.29) is 36.2 Å². The van der Waals surface area contributed by atoms with Gasteiger partial charge in [0.1, 0.15) is 17.8 Å². The highest BCUT2D eigenvalue weighted by Gasteiger charge is 2.61. The molecule has 1 saturated heterocycles. The third kappa shape index (κ3) is 2.94. The van der Waals surface area contributed by atoms with E-state index in [1.165, 1.54) is 16.7 Å². The van der Waals surface area contributed by atoms with Crippen LogP contribution in [0, 0.1) is 11.8 Å². The lowest BCUT2D eigenvalue weighted by Gasteiger charge is -2.45. The van der Waals surface area contributed by atoms with Crippen molar-refractivity contribution in [1.29, 1.82) is 0 Å². The second-order valence-electron chi connectivity index (χ2n) is 10.7. The first-order valence-electron chi connectivity index (χ1n) is 13.2. The molecule has 6 heteroatoms. The van der Waals surface area contributed by atoms with Gasteiger partial charge in [-0.05, 0) is 40.5 Å². The molecular formula is C33H24N2O4. The summed E-state index contributed by atoms with van der Waals surface area (Å²) >= 11 is 0. The summed E-state index contributed by atoms with van der Waals surface area (Å²) in [6, 6.07) is 29.7. The lowest BCUT2D eigenvalue weighted by Crippen LogP contribution is -2.44. The van der Waals surface area contributed by atoms with Gasteiger partial charge in [0.05, 0.1) is 11.8 Å². The van der Waals surface area contributed by atoms with Crippen LogP contribution < -0.4 is 4.90 Å². The highest BCUT2D eigenvalue weighted by molar-refractivity contribution is 6.09. The summed E-state index contributed by atoms with van der Waals surface area (Å²) in [6.45, 7) is 1.33. The van der Waals surface area contributed by atoms with Crippen LogP contribution in [0.25, 0.3) is 21.9 Å². The van der Waals surface area contributed by atoms with Gasteiger partial charge in [-0.2, -0.15) is 0 Å². The number of nitrogens with zero attached hydrogens (tertiary/aromatic N) is 2. The van der Waals surface area contributed by atoms with Gasteiger partial charge < -0.3 is 4.42 Å². The summed E-state index contributed by atoms with van der Waals surface area (Å²) in [4.78, 5) is 43.8. The molecule has 5 aromatic rings. The van der Waals surface area contributed by atoms with E-state index < -0.39 is 11.8 Å². The first-order valence-corrected chi connectivity index (χ1v) is 13.2. The maximum atomic E-state index is 14.0. The number of fused-ring (bicyclic) bond motifs is 3. The minimum Gasteiger partial charge on any atom is -0.456 e. The number of anilines is 1. The number of imide groups is 1. The van der Waals surface area contributed by atoms with Gasteiger partial charge in [-0.3, -0.25) is 24.2 Å². The lowest BCUT2D eigenvalue weighted by molar-refractivity contribution is -0.140. The fourth-order valence-corrected chi connectivity index (χ4v) is 7.27. The average molecular weight is 513 g/mol. The Kier molecular flexibility index (Phi) is 4.51. The van der Waals surface area contributed by atoms with Crippen LogP contribution in [0.2, 0.25) is 0 Å². The number of amides is 3. The normalized spacial score (nSPS) is 22.7. The lowest BCUT2D eigenvalue weighted by atomic mass is 9.55. The van der Waals surface area contributed by atoms with Crippen LogP contribution in [-0.2, 0) is 14.4 Å². The van der Waals surface area contributed by atoms with Gasteiger partial charge in [0.2, 0.25) is 17.7 Å². The molecule has 4 aliphatic rings. The Hall–Kier alpha value is -4.71. The zero-order valence-corrected chi connectivity index (χ0v) is 21.2. The smallest absolute Gasteiger partial charge is 0.235 e. The third-order valence-corrected chi connectivity index (χ3v) is 8.88. The zero-order valence-electron chi connectivity index (χ0n) is 21.2. The Labute approximate surface area is 224 Å². The predicted octanol–water partition coefficient (Wildman–Crippen LogP) is 5.79. The van der Waals surface area contributed by atoms with Gasteiger partial charge in [0, 0.05) is 41.3 Å². The summed E-state index contributed by atoms with van der Waals surface area (Å²) in [5.74, 6) is -1.97. The number of rotatable bonds is 3. The molecule has 39 heavy (non-hydrogen) atoms. The number of carbonyl (C=O) groups is 3. The summed E-state index contributed by atoms with van der Waals surface area (Å²) in [5.41, 5.74) is 6.51. The van der Waals surface area contributed by atoms with Crippen molar-refractivity contribution in [2.45, 2.75) is 18.8 Å². The Bertz CT molecular complexity index is 1760. The monoisotopic (exact) mass is 512 g/mol. The molecule has 0 spiro atoms. The van der Waals surface area contributed by atoms with Crippen LogP contribution in [0.15, 0.2) is 95.4 Å². The number of hydrogen-bond acceptors (Lipinski definition) is 4. The van der Waals surface area contributed by atoms with Gasteiger partial charge in [0.25, 0.3) is 0 Å². The molecule has 0 N–H and O–H groups in total. The van der Waals surface area contributed by atoms with E-state index in [2.05, 4.69) is 24.3 Å². The molecule has 6 nitrogen and oxygen atoms in total.